The van der Waals surface area contributed by atoms with E-state index in [0.717, 1.165) is 44.0 Å². The van der Waals surface area contributed by atoms with Crippen LogP contribution in [0.1, 0.15) is 25.5 Å². The van der Waals surface area contributed by atoms with E-state index >= 15 is 0 Å². The fourth-order valence-corrected chi connectivity index (χ4v) is 2.06. The zero-order chi connectivity index (χ0) is 12.1. The maximum absolute atomic E-state index is 4.46. The van der Waals surface area contributed by atoms with Gasteiger partial charge in [-0.1, -0.05) is 0 Å². The van der Waals surface area contributed by atoms with Crippen LogP contribution in [0, 0.1) is 6.92 Å². The maximum atomic E-state index is 4.46. The number of piperidine rings is 1. The van der Waals surface area contributed by atoms with Crippen molar-refractivity contribution >= 4 is 11.8 Å². The molecule has 1 fully saturated rings. The molecule has 0 unspecified atom stereocenters. The second-order valence-corrected chi connectivity index (χ2v) is 4.42. The van der Waals surface area contributed by atoms with Gasteiger partial charge < -0.3 is 16.0 Å². The van der Waals surface area contributed by atoms with Crippen molar-refractivity contribution in [2.75, 3.05) is 30.3 Å². The summed E-state index contributed by atoms with van der Waals surface area (Å²) in [7, 11) is 0. The standard InChI is InChI=1S/C12H21N5/c1-3-14-12-15-9(2)8-11(17-12)16-10-4-6-13-7-5-10/h8,10,13H,3-7H2,1-2H3,(H2,14,15,16,17). The molecule has 2 rings (SSSR count). The zero-order valence-electron chi connectivity index (χ0n) is 10.6. The first-order chi connectivity index (χ1) is 8.28. The fourth-order valence-electron chi connectivity index (χ4n) is 2.06. The third-order valence-electron chi connectivity index (χ3n) is 2.88. The summed E-state index contributed by atoms with van der Waals surface area (Å²) in [6, 6.07) is 2.53. The predicted molar refractivity (Wildman–Crippen MR) is 70.4 cm³/mol. The molecule has 0 bridgehead atoms. The quantitative estimate of drug-likeness (QED) is 0.736. The first kappa shape index (κ1) is 12.1. The van der Waals surface area contributed by atoms with Gasteiger partial charge in [-0.15, -0.1) is 0 Å². The van der Waals surface area contributed by atoms with Gasteiger partial charge in [0, 0.05) is 24.3 Å². The normalized spacial score (nSPS) is 16.8. The Morgan fingerprint density at radius 3 is 2.82 bits per heavy atom. The van der Waals surface area contributed by atoms with Crippen LogP contribution < -0.4 is 16.0 Å². The van der Waals surface area contributed by atoms with E-state index < -0.39 is 0 Å². The molecule has 5 nitrogen and oxygen atoms in total. The third-order valence-corrected chi connectivity index (χ3v) is 2.88. The Hall–Kier alpha value is -1.36. The van der Waals surface area contributed by atoms with Crippen LogP contribution in [0.15, 0.2) is 6.07 Å². The van der Waals surface area contributed by atoms with Gasteiger partial charge in [-0.05, 0) is 39.8 Å². The molecule has 0 spiro atoms. The van der Waals surface area contributed by atoms with Crippen molar-refractivity contribution in [3.63, 3.8) is 0 Å². The van der Waals surface area contributed by atoms with Gasteiger partial charge in [0.15, 0.2) is 0 Å². The van der Waals surface area contributed by atoms with Gasteiger partial charge in [-0.2, -0.15) is 4.98 Å². The molecule has 1 aromatic heterocycles. The highest BCUT2D eigenvalue weighted by Crippen LogP contribution is 2.14. The number of nitrogens with zero attached hydrogens (tertiary/aromatic N) is 2. The van der Waals surface area contributed by atoms with Crippen LogP contribution in [0.5, 0.6) is 0 Å². The SMILES string of the molecule is CCNc1nc(C)cc(NC2CCNCC2)n1. The molecular formula is C12H21N5. The summed E-state index contributed by atoms with van der Waals surface area (Å²) in [4.78, 5) is 8.81. The van der Waals surface area contributed by atoms with E-state index in [1.54, 1.807) is 0 Å². The van der Waals surface area contributed by atoms with E-state index in [-0.39, 0.29) is 0 Å². The topological polar surface area (TPSA) is 61.9 Å². The van der Waals surface area contributed by atoms with Gasteiger partial charge in [0.05, 0.1) is 0 Å². The summed E-state index contributed by atoms with van der Waals surface area (Å²) in [6.07, 6.45) is 2.30. The Morgan fingerprint density at radius 2 is 2.12 bits per heavy atom. The minimum absolute atomic E-state index is 0.528. The Morgan fingerprint density at radius 1 is 1.35 bits per heavy atom. The number of hydrogen-bond acceptors (Lipinski definition) is 5. The summed E-state index contributed by atoms with van der Waals surface area (Å²) in [5, 5.41) is 10.00. The largest absolute Gasteiger partial charge is 0.367 e. The summed E-state index contributed by atoms with van der Waals surface area (Å²) in [5.74, 6) is 1.64. The molecule has 1 aliphatic heterocycles. The molecule has 2 heterocycles. The number of anilines is 2. The number of aryl methyl sites for hydroxylation is 1. The lowest BCUT2D eigenvalue weighted by Crippen LogP contribution is -2.35. The second kappa shape index (κ2) is 5.82. The molecule has 0 amide bonds. The van der Waals surface area contributed by atoms with E-state index in [1.165, 1.54) is 0 Å². The van der Waals surface area contributed by atoms with Crippen LogP contribution in [0.2, 0.25) is 0 Å². The van der Waals surface area contributed by atoms with Crippen molar-refractivity contribution in [1.82, 2.24) is 15.3 Å². The van der Waals surface area contributed by atoms with E-state index in [2.05, 4.69) is 25.9 Å². The minimum Gasteiger partial charge on any atom is -0.367 e. The Balaban J connectivity index is 2.03. The van der Waals surface area contributed by atoms with Crippen LogP contribution >= 0.6 is 0 Å². The van der Waals surface area contributed by atoms with E-state index in [1.807, 2.05) is 19.9 Å². The van der Waals surface area contributed by atoms with Crippen molar-refractivity contribution < 1.29 is 0 Å². The highest BCUT2D eigenvalue weighted by Gasteiger charge is 2.13. The van der Waals surface area contributed by atoms with Crippen molar-refractivity contribution in [2.24, 2.45) is 0 Å². The fraction of sp³-hybridized carbons (Fsp3) is 0.667. The third kappa shape index (κ3) is 3.56. The average Bonchev–Trinajstić information content (AvgIpc) is 2.30. The zero-order valence-corrected chi connectivity index (χ0v) is 10.6. The summed E-state index contributed by atoms with van der Waals surface area (Å²) >= 11 is 0. The van der Waals surface area contributed by atoms with Gasteiger partial charge in [0.1, 0.15) is 5.82 Å². The molecule has 0 saturated carbocycles. The first-order valence-corrected chi connectivity index (χ1v) is 6.34. The Labute approximate surface area is 102 Å². The van der Waals surface area contributed by atoms with Crippen LogP contribution in [0.4, 0.5) is 11.8 Å². The van der Waals surface area contributed by atoms with Crippen LogP contribution in [0.25, 0.3) is 0 Å². The Bertz CT molecular complexity index is 360. The molecule has 0 aliphatic carbocycles. The lowest BCUT2D eigenvalue weighted by atomic mass is 10.1. The first-order valence-electron chi connectivity index (χ1n) is 6.34. The van der Waals surface area contributed by atoms with Crippen molar-refractivity contribution in [3.05, 3.63) is 11.8 Å². The molecular weight excluding hydrogens is 214 g/mol. The van der Waals surface area contributed by atoms with E-state index in [0.29, 0.717) is 12.0 Å². The molecule has 94 valence electrons. The Kier molecular flexibility index (Phi) is 4.14. The highest BCUT2D eigenvalue weighted by molar-refractivity contribution is 5.42. The molecule has 5 heteroatoms. The minimum atomic E-state index is 0.528. The summed E-state index contributed by atoms with van der Waals surface area (Å²) in [6.45, 7) is 7.06. The van der Waals surface area contributed by atoms with Crippen molar-refractivity contribution in [3.8, 4) is 0 Å². The molecule has 0 radical (unpaired) electrons. The molecule has 1 aromatic rings. The van der Waals surface area contributed by atoms with Crippen LogP contribution in [-0.2, 0) is 0 Å². The maximum Gasteiger partial charge on any atom is 0.224 e. The van der Waals surface area contributed by atoms with Gasteiger partial charge in [-0.3, -0.25) is 0 Å². The highest BCUT2D eigenvalue weighted by atomic mass is 15.1. The molecule has 3 N–H and O–H groups in total. The number of aromatic nitrogens is 2. The second-order valence-electron chi connectivity index (χ2n) is 4.42. The number of rotatable bonds is 4. The lowest BCUT2D eigenvalue weighted by Gasteiger charge is -2.24. The lowest BCUT2D eigenvalue weighted by molar-refractivity contribution is 0.478. The molecule has 17 heavy (non-hydrogen) atoms. The van der Waals surface area contributed by atoms with Gasteiger partial charge >= 0.3 is 0 Å². The smallest absolute Gasteiger partial charge is 0.224 e. The average molecular weight is 235 g/mol. The molecule has 1 saturated heterocycles. The van der Waals surface area contributed by atoms with E-state index in [4.69, 9.17) is 0 Å². The summed E-state index contributed by atoms with van der Waals surface area (Å²) < 4.78 is 0. The van der Waals surface area contributed by atoms with Gasteiger partial charge in [0.25, 0.3) is 0 Å². The van der Waals surface area contributed by atoms with Crippen LogP contribution in [0.3, 0.4) is 0 Å². The van der Waals surface area contributed by atoms with Gasteiger partial charge in [-0.25, -0.2) is 4.98 Å². The van der Waals surface area contributed by atoms with Gasteiger partial charge in [0.2, 0.25) is 5.95 Å². The molecule has 0 atom stereocenters. The van der Waals surface area contributed by atoms with Crippen molar-refractivity contribution in [1.29, 1.82) is 0 Å². The molecule has 0 aromatic carbocycles. The van der Waals surface area contributed by atoms with Crippen LogP contribution in [-0.4, -0.2) is 35.6 Å². The predicted octanol–water partition coefficient (Wildman–Crippen LogP) is 1.38. The van der Waals surface area contributed by atoms with E-state index in [9.17, 15) is 0 Å². The molecule has 1 aliphatic rings. The summed E-state index contributed by atoms with van der Waals surface area (Å²) in [5.41, 5.74) is 0.993. The monoisotopic (exact) mass is 235 g/mol. The number of nitrogens with one attached hydrogen (secondary N) is 3. The number of hydrogen-bond donors (Lipinski definition) is 3. The van der Waals surface area contributed by atoms with Crippen molar-refractivity contribution in [2.45, 2.75) is 32.7 Å².